The van der Waals surface area contributed by atoms with Gasteiger partial charge < -0.3 is 9.84 Å². The van der Waals surface area contributed by atoms with Crippen LogP contribution in [-0.4, -0.2) is 23.3 Å². The zero-order chi connectivity index (χ0) is 6.43. The number of aliphatic carboxylic acids is 1. The van der Waals surface area contributed by atoms with Crippen LogP contribution in [0.15, 0.2) is 0 Å². The highest BCUT2D eigenvalue weighted by Crippen LogP contribution is 2.44. The van der Waals surface area contributed by atoms with E-state index in [-0.39, 0.29) is 6.10 Å². The predicted molar refractivity (Wildman–Crippen MR) is 29.0 cm³/mol. The van der Waals surface area contributed by atoms with Gasteiger partial charge in [0.05, 0.1) is 6.10 Å². The van der Waals surface area contributed by atoms with Crippen molar-refractivity contribution >= 4 is 5.97 Å². The highest BCUT2D eigenvalue weighted by molar-refractivity contribution is 5.75. The Balaban J connectivity index is 1.87. The molecule has 0 aromatic carbocycles. The van der Waals surface area contributed by atoms with Crippen molar-refractivity contribution in [1.82, 2.24) is 0 Å². The SMILES string of the molecule is O=C(O)[C@@H]1O[C@@H]1C1CC1. The van der Waals surface area contributed by atoms with E-state index >= 15 is 0 Å². The number of hydrogen-bond acceptors (Lipinski definition) is 2. The van der Waals surface area contributed by atoms with Gasteiger partial charge in [-0.05, 0) is 18.8 Å². The maximum Gasteiger partial charge on any atom is 0.335 e. The lowest BCUT2D eigenvalue weighted by atomic mass is 10.2. The van der Waals surface area contributed by atoms with E-state index in [1.54, 1.807) is 0 Å². The van der Waals surface area contributed by atoms with Crippen LogP contribution in [0.4, 0.5) is 0 Å². The highest BCUT2D eigenvalue weighted by atomic mass is 16.6. The number of carboxylic acids is 1. The smallest absolute Gasteiger partial charge is 0.335 e. The Kier molecular flexibility index (Phi) is 0.858. The lowest BCUT2D eigenvalue weighted by molar-refractivity contribution is -0.138. The molecule has 50 valence electrons. The molecule has 2 atom stereocenters. The van der Waals surface area contributed by atoms with Gasteiger partial charge in [-0.25, -0.2) is 4.79 Å². The van der Waals surface area contributed by atoms with Crippen LogP contribution in [0.5, 0.6) is 0 Å². The van der Waals surface area contributed by atoms with Gasteiger partial charge in [0, 0.05) is 0 Å². The van der Waals surface area contributed by atoms with E-state index in [4.69, 9.17) is 9.84 Å². The second kappa shape index (κ2) is 1.48. The third-order valence-electron chi connectivity index (χ3n) is 1.86. The Bertz CT molecular complexity index is 150. The van der Waals surface area contributed by atoms with Crippen LogP contribution in [0.1, 0.15) is 12.8 Å². The summed E-state index contributed by atoms with van der Waals surface area (Å²) in [6, 6.07) is 0. The monoisotopic (exact) mass is 128 g/mol. The number of rotatable bonds is 2. The lowest BCUT2D eigenvalue weighted by Crippen LogP contribution is -2.08. The van der Waals surface area contributed by atoms with Crippen molar-refractivity contribution in [3.63, 3.8) is 0 Å². The molecule has 0 aromatic rings. The van der Waals surface area contributed by atoms with E-state index < -0.39 is 12.1 Å². The Morgan fingerprint density at radius 3 is 2.56 bits per heavy atom. The average molecular weight is 128 g/mol. The Labute approximate surface area is 52.6 Å². The summed E-state index contributed by atoms with van der Waals surface area (Å²) in [5.74, 6) is -0.224. The van der Waals surface area contributed by atoms with Crippen LogP contribution in [-0.2, 0) is 9.53 Å². The van der Waals surface area contributed by atoms with Gasteiger partial charge in [0.1, 0.15) is 0 Å². The lowest BCUT2D eigenvalue weighted by Gasteiger charge is -1.80. The normalized spacial score (nSPS) is 40.4. The molecule has 2 aliphatic rings. The van der Waals surface area contributed by atoms with Crippen molar-refractivity contribution in [2.75, 3.05) is 0 Å². The minimum Gasteiger partial charge on any atom is -0.479 e. The first-order valence-electron chi connectivity index (χ1n) is 3.17. The maximum atomic E-state index is 10.2. The Hall–Kier alpha value is -0.570. The molecule has 1 saturated carbocycles. The molecule has 0 amide bonds. The van der Waals surface area contributed by atoms with Crippen LogP contribution in [0, 0.1) is 5.92 Å². The molecule has 0 aromatic heterocycles. The fourth-order valence-electron chi connectivity index (χ4n) is 1.11. The Morgan fingerprint density at radius 1 is 1.56 bits per heavy atom. The number of carboxylic acid groups (broad SMARTS) is 1. The summed E-state index contributed by atoms with van der Waals surface area (Å²) < 4.78 is 4.90. The van der Waals surface area contributed by atoms with E-state index in [0.717, 1.165) is 12.8 Å². The summed E-state index contributed by atoms with van der Waals surface area (Å²) in [6.45, 7) is 0. The predicted octanol–water partition coefficient (Wildman–Crippen LogP) is 0.248. The Morgan fingerprint density at radius 2 is 2.22 bits per heavy atom. The molecule has 0 radical (unpaired) electrons. The molecule has 0 unspecified atom stereocenters. The van der Waals surface area contributed by atoms with E-state index in [2.05, 4.69) is 0 Å². The van der Waals surface area contributed by atoms with Crippen LogP contribution in [0.2, 0.25) is 0 Å². The first-order chi connectivity index (χ1) is 4.29. The first-order valence-corrected chi connectivity index (χ1v) is 3.17. The molecule has 2 fully saturated rings. The second-order valence-corrected chi connectivity index (χ2v) is 2.70. The molecular formula is C6H8O3. The minimum absolute atomic E-state index is 0.0718. The quantitative estimate of drug-likeness (QED) is 0.542. The summed E-state index contributed by atoms with van der Waals surface area (Å²) in [7, 11) is 0. The molecule has 3 heteroatoms. The van der Waals surface area contributed by atoms with Crippen molar-refractivity contribution in [3.8, 4) is 0 Å². The van der Waals surface area contributed by atoms with Crippen LogP contribution in [0.25, 0.3) is 0 Å². The molecule has 1 aliphatic heterocycles. The zero-order valence-electron chi connectivity index (χ0n) is 4.91. The minimum atomic E-state index is -0.799. The molecule has 9 heavy (non-hydrogen) atoms. The van der Waals surface area contributed by atoms with Gasteiger partial charge in [-0.2, -0.15) is 0 Å². The highest BCUT2D eigenvalue weighted by Gasteiger charge is 2.53. The van der Waals surface area contributed by atoms with Crippen LogP contribution < -0.4 is 0 Å². The van der Waals surface area contributed by atoms with Crippen molar-refractivity contribution in [3.05, 3.63) is 0 Å². The summed E-state index contributed by atoms with van der Waals surface area (Å²) in [4.78, 5) is 10.2. The van der Waals surface area contributed by atoms with Gasteiger partial charge in [0.25, 0.3) is 0 Å². The summed E-state index contributed by atoms with van der Waals surface area (Å²) >= 11 is 0. The molecular weight excluding hydrogens is 120 g/mol. The number of hydrogen-bond donors (Lipinski definition) is 1. The van der Waals surface area contributed by atoms with Crippen LogP contribution >= 0.6 is 0 Å². The van der Waals surface area contributed by atoms with E-state index in [9.17, 15) is 4.79 Å². The fourth-order valence-corrected chi connectivity index (χ4v) is 1.11. The van der Waals surface area contributed by atoms with Crippen LogP contribution in [0.3, 0.4) is 0 Å². The molecule has 0 spiro atoms. The van der Waals surface area contributed by atoms with Crippen molar-refractivity contribution in [2.24, 2.45) is 5.92 Å². The first kappa shape index (κ1) is 5.23. The van der Waals surface area contributed by atoms with Crippen molar-refractivity contribution in [1.29, 1.82) is 0 Å². The third-order valence-corrected chi connectivity index (χ3v) is 1.86. The molecule has 1 heterocycles. The molecule has 3 nitrogen and oxygen atoms in total. The molecule has 1 N–H and O–H groups in total. The van der Waals surface area contributed by atoms with Gasteiger partial charge in [-0.3, -0.25) is 0 Å². The molecule has 1 saturated heterocycles. The fraction of sp³-hybridized carbons (Fsp3) is 0.833. The summed E-state index contributed by atoms with van der Waals surface area (Å²) in [5.41, 5.74) is 0. The van der Waals surface area contributed by atoms with Gasteiger partial charge in [-0.1, -0.05) is 0 Å². The van der Waals surface area contributed by atoms with Gasteiger partial charge in [0.2, 0.25) is 0 Å². The zero-order valence-corrected chi connectivity index (χ0v) is 4.91. The van der Waals surface area contributed by atoms with E-state index in [1.165, 1.54) is 0 Å². The third kappa shape index (κ3) is 0.812. The largest absolute Gasteiger partial charge is 0.479 e. The topological polar surface area (TPSA) is 49.8 Å². The summed E-state index contributed by atoms with van der Waals surface area (Å²) in [6.07, 6.45) is 1.93. The molecule has 2 rings (SSSR count). The second-order valence-electron chi connectivity index (χ2n) is 2.70. The van der Waals surface area contributed by atoms with Gasteiger partial charge in [-0.15, -0.1) is 0 Å². The number of carbonyl (C=O) groups is 1. The van der Waals surface area contributed by atoms with Crippen molar-refractivity contribution in [2.45, 2.75) is 25.0 Å². The van der Waals surface area contributed by atoms with Crippen molar-refractivity contribution < 1.29 is 14.6 Å². The summed E-state index contributed by atoms with van der Waals surface area (Å²) in [5, 5.41) is 8.38. The molecule has 0 bridgehead atoms. The average Bonchev–Trinajstić information content (AvgIpc) is 2.60. The number of ether oxygens (including phenoxy) is 1. The van der Waals surface area contributed by atoms with E-state index in [1.807, 2.05) is 0 Å². The van der Waals surface area contributed by atoms with Gasteiger partial charge in [0.15, 0.2) is 6.10 Å². The van der Waals surface area contributed by atoms with E-state index in [0.29, 0.717) is 5.92 Å². The number of epoxide rings is 1. The molecule has 1 aliphatic carbocycles. The standard InChI is InChI=1S/C6H8O3/c7-6(8)5-4(9-5)3-1-2-3/h3-5H,1-2H2,(H,7,8)/t4-,5-/m1/s1. The maximum absolute atomic E-state index is 10.2. The van der Waals surface area contributed by atoms with Gasteiger partial charge >= 0.3 is 5.97 Å².